The summed E-state index contributed by atoms with van der Waals surface area (Å²) >= 11 is 0. The van der Waals surface area contributed by atoms with Crippen LogP contribution in [0.5, 0.6) is 11.5 Å². The number of rotatable bonds is 5. The third-order valence-electron chi connectivity index (χ3n) is 5.67. The smallest absolute Gasteiger partial charge is 0.395 e. The van der Waals surface area contributed by atoms with Crippen molar-refractivity contribution < 1.29 is 23.0 Å². The van der Waals surface area contributed by atoms with E-state index in [9.17, 15) is 13.6 Å². The molecule has 4 nitrogen and oxygen atoms in total. The number of benzene rings is 2. The molecule has 0 bridgehead atoms. The Morgan fingerprint density at radius 3 is 2.47 bits per heavy atom. The number of ketones is 1. The molecular formula is C24H19F2NO3. The summed E-state index contributed by atoms with van der Waals surface area (Å²) in [5.41, 5.74) is 3.57. The largest absolute Gasteiger partial charge is 0.586 e. The second-order valence-electron chi connectivity index (χ2n) is 7.90. The maximum absolute atomic E-state index is 13.3. The first-order chi connectivity index (χ1) is 14.3. The van der Waals surface area contributed by atoms with E-state index in [2.05, 4.69) is 9.47 Å². The Balaban J connectivity index is 1.41. The highest BCUT2D eigenvalue weighted by atomic mass is 19.3. The Morgan fingerprint density at radius 1 is 1.00 bits per heavy atom. The summed E-state index contributed by atoms with van der Waals surface area (Å²) in [4.78, 5) is 17.9. The molecule has 1 aromatic heterocycles. The lowest BCUT2D eigenvalue weighted by atomic mass is 9.88. The fourth-order valence-corrected chi connectivity index (χ4v) is 4.02. The zero-order valence-corrected chi connectivity index (χ0v) is 16.3. The second kappa shape index (κ2) is 6.62. The molecule has 152 valence electrons. The number of aryl methyl sites for hydroxylation is 1. The van der Waals surface area contributed by atoms with E-state index >= 15 is 0 Å². The standard InChI is InChI=1S/C24H19F2NO3/c1-15-11-18(27-19(12-15)16-5-3-2-4-6-16)14-22(28)23(9-10-23)17-7-8-20-21(13-17)30-24(25,26)29-20/h2-8,11-13H,9-10,14H2,1H3. The summed E-state index contributed by atoms with van der Waals surface area (Å²) in [6.45, 7) is 1.98. The van der Waals surface area contributed by atoms with Gasteiger partial charge in [0.25, 0.3) is 0 Å². The zero-order valence-electron chi connectivity index (χ0n) is 16.3. The van der Waals surface area contributed by atoms with Crippen LogP contribution in [-0.4, -0.2) is 17.1 Å². The molecule has 0 saturated heterocycles. The van der Waals surface area contributed by atoms with Gasteiger partial charge in [0, 0.05) is 17.7 Å². The van der Waals surface area contributed by atoms with Crippen LogP contribution in [0.25, 0.3) is 11.3 Å². The third kappa shape index (κ3) is 3.32. The van der Waals surface area contributed by atoms with Crippen LogP contribution in [0, 0.1) is 6.92 Å². The van der Waals surface area contributed by atoms with E-state index in [4.69, 9.17) is 4.98 Å². The van der Waals surface area contributed by atoms with E-state index in [0.29, 0.717) is 24.1 Å². The van der Waals surface area contributed by atoms with Crippen LogP contribution < -0.4 is 9.47 Å². The number of halogens is 2. The molecule has 2 aliphatic rings. The highest BCUT2D eigenvalue weighted by Gasteiger charge is 2.52. The first-order valence-electron chi connectivity index (χ1n) is 9.81. The maximum atomic E-state index is 13.3. The van der Waals surface area contributed by atoms with E-state index in [-0.39, 0.29) is 23.7 Å². The van der Waals surface area contributed by atoms with E-state index < -0.39 is 11.7 Å². The molecule has 30 heavy (non-hydrogen) atoms. The van der Waals surface area contributed by atoms with Crippen molar-refractivity contribution in [3.05, 3.63) is 77.5 Å². The van der Waals surface area contributed by atoms with Crippen molar-refractivity contribution in [1.82, 2.24) is 4.98 Å². The lowest BCUT2D eigenvalue weighted by Gasteiger charge is -2.15. The molecule has 0 N–H and O–H groups in total. The van der Waals surface area contributed by atoms with Gasteiger partial charge >= 0.3 is 6.29 Å². The lowest BCUT2D eigenvalue weighted by molar-refractivity contribution is -0.286. The SMILES string of the molecule is Cc1cc(CC(=O)C2(c3ccc4c(c3)OC(F)(F)O4)CC2)nc(-c2ccccc2)c1. The normalized spacial score (nSPS) is 17.6. The van der Waals surface area contributed by atoms with Crippen LogP contribution in [0.15, 0.2) is 60.7 Å². The van der Waals surface area contributed by atoms with Crippen molar-refractivity contribution >= 4 is 5.78 Å². The third-order valence-corrected chi connectivity index (χ3v) is 5.67. The van der Waals surface area contributed by atoms with Crippen molar-refractivity contribution in [2.45, 2.75) is 37.9 Å². The molecule has 0 spiro atoms. The van der Waals surface area contributed by atoms with Crippen molar-refractivity contribution in [1.29, 1.82) is 0 Å². The molecule has 0 amide bonds. The second-order valence-corrected chi connectivity index (χ2v) is 7.90. The van der Waals surface area contributed by atoms with E-state index in [1.807, 2.05) is 49.4 Å². The summed E-state index contributed by atoms with van der Waals surface area (Å²) < 4.78 is 35.7. The number of nitrogens with zero attached hydrogens (tertiary/aromatic N) is 1. The number of fused-ring (bicyclic) bond motifs is 1. The Morgan fingerprint density at radius 2 is 1.73 bits per heavy atom. The van der Waals surface area contributed by atoms with Gasteiger partial charge in [0.2, 0.25) is 0 Å². The summed E-state index contributed by atoms with van der Waals surface area (Å²) in [5, 5.41) is 0. The molecule has 1 aliphatic heterocycles. The molecule has 0 atom stereocenters. The average molecular weight is 407 g/mol. The van der Waals surface area contributed by atoms with Crippen molar-refractivity contribution in [3.63, 3.8) is 0 Å². The number of pyridine rings is 1. The Labute approximate surface area is 172 Å². The first kappa shape index (κ1) is 18.7. The number of hydrogen-bond acceptors (Lipinski definition) is 4. The van der Waals surface area contributed by atoms with Gasteiger partial charge in [-0.25, -0.2) is 0 Å². The predicted octanol–water partition coefficient (Wildman–Crippen LogP) is 5.22. The van der Waals surface area contributed by atoms with Gasteiger partial charge in [-0.1, -0.05) is 36.4 Å². The molecule has 3 aromatic rings. The van der Waals surface area contributed by atoms with E-state index in [0.717, 1.165) is 16.8 Å². The fourth-order valence-electron chi connectivity index (χ4n) is 4.02. The molecule has 0 radical (unpaired) electrons. The quantitative estimate of drug-likeness (QED) is 0.582. The lowest BCUT2D eigenvalue weighted by Crippen LogP contribution is -2.26. The van der Waals surface area contributed by atoms with Gasteiger partial charge in [0.1, 0.15) is 5.78 Å². The Kier molecular flexibility index (Phi) is 4.13. The molecular weight excluding hydrogens is 388 g/mol. The van der Waals surface area contributed by atoms with E-state index in [1.165, 1.54) is 12.1 Å². The van der Waals surface area contributed by atoms with Crippen molar-refractivity contribution in [2.24, 2.45) is 0 Å². The predicted molar refractivity (Wildman–Crippen MR) is 107 cm³/mol. The van der Waals surface area contributed by atoms with E-state index in [1.54, 1.807) is 6.07 Å². The summed E-state index contributed by atoms with van der Waals surface area (Å²) in [6, 6.07) is 18.3. The summed E-state index contributed by atoms with van der Waals surface area (Å²) in [7, 11) is 0. The van der Waals surface area contributed by atoms with Gasteiger partial charge in [-0.05, 0) is 55.2 Å². The van der Waals surface area contributed by atoms with Crippen LogP contribution in [-0.2, 0) is 16.6 Å². The number of aromatic nitrogens is 1. The number of carbonyl (C=O) groups is 1. The van der Waals surface area contributed by atoms with Crippen LogP contribution in [0.2, 0.25) is 0 Å². The highest BCUT2D eigenvalue weighted by molar-refractivity contribution is 5.94. The van der Waals surface area contributed by atoms with Gasteiger partial charge in [-0.15, -0.1) is 8.78 Å². The Bertz CT molecular complexity index is 1140. The van der Waals surface area contributed by atoms with Gasteiger partial charge < -0.3 is 9.47 Å². The van der Waals surface area contributed by atoms with Gasteiger partial charge in [0.15, 0.2) is 11.5 Å². The molecule has 0 unspecified atom stereocenters. The number of Topliss-reactive ketones (excluding diaryl/α,β-unsaturated/α-hetero) is 1. The van der Waals surface area contributed by atoms with Crippen LogP contribution >= 0.6 is 0 Å². The van der Waals surface area contributed by atoms with Crippen molar-refractivity contribution in [2.75, 3.05) is 0 Å². The van der Waals surface area contributed by atoms with Crippen LogP contribution in [0.3, 0.4) is 0 Å². The first-order valence-corrected chi connectivity index (χ1v) is 9.81. The number of hydrogen-bond donors (Lipinski definition) is 0. The number of alkyl halides is 2. The minimum Gasteiger partial charge on any atom is -0.395 e. The van der Waals surface area contributed by atoms with Crippen LogP contribution in [0.1, 0.15) is 29.7 Å². The highest BCUT2D eigenvalue weighted by Crippen LogP contribution is 2.52. The number of ether oxygens (including phenoxy) is 2. The molecule has 2 heterocycles. The van der Waals surface area contributed by atoms with Gasteiger partial charge in [-0.3, -0.25) is 9.78 Å². The van der Waals surface area contributed by atoms with Crippen molar-refractivity contribution in [3.8, 4) is 22.8 Å². The molecule has 2 aromatic carbocycles. The minimum absolute atomic E-state index is 0.0140. The molecule has 1 fully saturated rings. The minimum atomic E-state index is -3.67. The van der Waals surface area contributed by atoms with Gasteiger partial charge in [-0.2, -0.15) is 0 Å². The molecule has 1 aliphatic carbocycles. The molecule has 1 saturated carbocycles. The zero-order chi connectivity index (χ0) is 20.9. The topological polar surface area (TPSA) is 48.4 Å². The molecule has 5 rings (SSSR count). The molecule has 6 heteroatoms. The fraction of sp³-hybridized carbons (Fsp3) is 0.250. The monoisotopic (exact) mass is 407 g/mol. The summed E-state index contributed by atoms with van der Waals surface area (Å²) in [6.07, 6.45) is -2.12. The Hall–Kier alpha value is -3.28. The average Bonchev–Trinajstić information content (AvgIpc) is 3.45. The van der Waals surface area contributed by atoms with Gasteiger partial charge in [0.05, 0.1) is 11.1 Å². The summed E-state index contributed by atoms with van der Waals surface area (Å²) in [5.74, 6) is -0.0123. The number of carbonyl (C=O) groups excluding carboxylic acids is 1. The van der Waals surface area contributed by atoms with Crippen LogP contribution in [0.4, 0.5) is 8.78 Å². The maximum Gasteiger partial charge on any atom is 0.586 e.